The molecule has 2 aromatic heterocycles. The summed E-state index contributed by atoms with van der Waals surface area (Å²) < 4.78 is 11.4. The number of benzene rings is 1. The Balaban J connectivity index is 1.73. The van der Waals surface area contributed by atoms with Gasteiger partial charge in [0.15, 0.2) is 5.13 Å². The molecule has 0 bridgehead atoms. The van der Waals surface area contributed by atoms with E-state index in [0.29, 0.717) is 22.5 Å². The molecular weight excluding hydrogens is 508 g/mol. The molecule has 9 heteroatoms. The minimum atomic E-state index is -0.666. The van der Waals surface area contributed by atoms with Gasteiger partial charge >= 0.3 is 12.2 Å². The van der Waals surface area contributed by atoms with Crippen LogP contribution in [-0.2, 0) is 4.74 Å². The van der Waals surface area contributed by atoms with Gasteiger partial charge in [0, 0.05) is 11.6 Å². The first-order chi connectivity index (χ1) is 17.3. The number of hydrogen-bond donors (Lipinski definition) is 1. The number of rotatable bonds is 8. The first-order valence-electron chi connectivity index (χ1n) is 12.1. The van der Waals surface area contributed by atoms with Crippen LogP contribution in [0, 0.1) is 24.3 Å². The number of nitrogens with zero attached hydrogens (tertiary/aromatic N) is 3. The third-order valence-corrected chi connectivity index (χ3v) is 6.27. The molecular formula is C28H34ClN4O3S+. The van der Waals surface area contributed by atoms with Crippen molar-refractivity contribution in [2.75, 3.05) is 11.9 Å². The molecule has 1 aromatic carbocycles. The van der Waals surface area contributed by atoms with Gasteiger partial charge < -0.3 is 14.8 Å². The topological polar surface area (TPSA) is 77.7 Å². The van der Waals surface area contributed by atoms with Crippen LogP contribution in [0.1, 0.15) is 53.7 Å². The Kier molecular flexibility index (Phi) is 9.16. The molecule has 0 spiro atoms. The summed E-state index contributed by atoms with van der Waals surface area (Å²) >= 11 is 8.13. The van der Waals surface area contributed by atoms with Crippen molar-refractivity contribution in [2.45, 2.75) is 60.5 Å². The maximum absolute atomic E-state index is 12.1. The molecule has 2 heterocycles. The van der Waals surface area contributed by atoms with E-state index in [0.717, 1.165) is 28.4 Å². The number of pyridine rings is 1. The van der Waals surface area contributed by atoms with Crippen molar-refractivity contribution in [3.63, 3.8) is 0 Å². The van der Waals surface area contributed by atoms with Crippen LogP contribution in [0.2, 0.25) is 5.02 Å². The van der Waals surface area contributed by atoms with E-state index in [-0.39, 0.29) is 6.61 Å². The van der Waals surface area contributed by atoms with E-state index in [9.17, 15) is 4.79 Å². The molecule has 3 rings (SSSR count). The number of nitrogens with one attached hydrogen (secondary N) is 1. The lowest BCUT2D eigenvalue weighted by Crippen LogP contribution is -2.26. The highest BCUT2D eigenvalue weighted by Gasteiger charge is 2.33. The molecule has 0 unspecified atom stereocenters. The number of carbonyl (C=O) groups excluding carboxylic acids is 1. The van der Waals surface area contributed by atoms with Crippen LogP contribution in [0.4, 0.5) is 15.7 Å². The van der Waals surface area contributed by atoms with Crippen LogP contribution in [0.5, 0.6) is 5.75 Å². The predicted molar refractivity (Wildman–Crippen MR) is 151 cm³/mol. The van der Waals surface area contributed by atoms with E-state index < -0.39 is 17.1 Å². The summed E-state index contributed by atoms with van der Waals surface area (Å²) in [7, 11) is 0. The maximum Gasteiger partial charge on any atom is 0.728 e. The molecule has 0 aliphatic carbocycles. The minimum Gasteiger partial charge on any atom is -0.490 e. The van der Waals surface area contributed by atoms with Gasteiger partial charge in [-0.2, -0.15) is 4.79 Å². The number of aromatic nitrogens is 2. The van der Waals surface area contributed by atoms with Crippen LogP contribution in [0.3, 0.4) is 0 Å². The van der Waals surface area contributed by atoms with Gasteiger partial charge in [0.25, 0.3) is 0 Å². The summed E-state index contributed by atoms with van der Waals surface area (Å²) in [6.45, 7) is 13.8. The molecule has 0 aliphatic heterocycles. The Bertz CT molecular complexity index is 1310. The van der Waals surface area contributed by atoms with E-state index in [1.807, 2.05) is 49.6 Å². The van der Waals surface area contributed by atoms with Gasteiger partial charge in [0.05, 0.1) is 15.6 Å². The molecule has 0 saturated carbocycles. The fraction of sp³-hybridized carbons (Fsp3) is 0.429. The van der Waals surface area contributed by atoms with Crippen LogP contribution < -0.4 is 10.1 Å². The monoisotopic (exact) mass is 541 g/mol. The first kappa shape index (κ1) is 28.4. The smallest absolute Gasteiger partial charge is 0.490 e. The number of anilines is 2. The lowest BCUT2D eigenvalue weighted by Gasteiger charge is -2.21. The minimum absolute atomic E-state index is 0.257. The average Bonchev–Trinajstić information content (AvgIpc) is 3.20. The Hall–Kier alpha value is -3.15. The van der Waals surface area contributed by atoms with Crippen LogP contribution in [0.15, 0.2) is 41.9 Å². The zero-order valence-corrected chi connectivity index (χ0v) is 24.0. The van der Waals surface area contributed by atoms with E-state index in [1.54, 1.807) is 27.0 Å². The van der Waals surface area contributed by atoms with E-state index in [4.69, 9.17) is 21.1 Å². The molecule has 0 fully saturated rings. The van der Waals surface area contributed by atoms with E-state index >= 15 is 0 Å². The van der Waals surface area contributed by atoms with Crippen LogP contribution in [0.25, 0.3) is 16.0 Å². The van der Waals surface area contributed by atoms with Gasteiger partial charge in [-0.3, -0.25) is 0 Å². The molecule has 0 saturated heterocycles. The summed E-state index contributed by atoms with van der Waals surface area (Å²) in [6.07, 6.45) is 1.80. The Morgan fingerprint density at radius 1 is 1.19 bits per heavy atom. The van der Waals surface area contributed by atoms with Crippen molar-refractivity contribution in [3.05, 3.63) is 57.5 Å². The largest absolute Gasteiger partial charge is 0.728 e. The van der Waals surface area contributed by atoms with Crippen molar-refractivity contribution < 1.29 is 14.3 Å². The number of carbonyl (C=O) groups is 1. The van der Waals surface area contributed by atoms with Crippen molar-refractivity contribution in [3.8, 4) is 22.9 Å². The second-order valence-electron chi connectivity index (χ2n) is 10.6. The summed E-state index contributed by atoms with van der Waals surface area (Å²) in [5.74, 6) is 1.59. The van der Waals surface area contributed by atoms with E-state index in [2.05, 4.69) is 40.0 Å². The molecule has 7 nitrogen and oxygen atoms in total. The highest BCUT2D eigenvalue weighted by atomic mass is 35.5. The first-order valence-corrected chi connectivity index (χ1v) is 13.4. The fourth-order valence-electron chi connectivity index (χ4n) is 3.74. The number of thiazole rings is 1. The fourth-order valence-corrected chi connectivity index (χ4v) is 4.67. The number of ether oxygens (including phenoxy) is 2. The van der Waals surface area contributed by atoms with E-state index in [1.165, 1.54) is 11.3 Å². The predicted octanol–water partition coefficient (Wildman–Crippen LogP) is 8.61. The second-order valence-corrected chi connectivity index (χ2v) is 11.9. The molecule has 1 atom stereocenters. The highest BCUT2D eigenvalue weighted by Crippen LogP contribution is 2.34. The van der Waals surface area contributed by atoms with Crippen molar-refractivity contribution in [2.24, 2.45) is 11.3 Å². The number of halogens is 1. The highest BCUT2D eigenvalue weighted by molar-refractivity contribution is 7.13. The van der Waals surface area contributed by atoms with Crippen molar-refractivity contribution in [1.82, 2.24) is 9.97 Å². The molecule has 3 aromatic rings. The normalized spacial score (nSPS) is 12.9. The van der Waals surface area contributed by atoms with Gasteiger partial charge in [-0.05, 0) is 82.3 Å². The van der Waals surface area contributed by atoms with Gasteiger partial charge in [-0.1, -0.05) is 31.5 Å². The number of hydrogen-bond acceptors (Lipinski definition) is 7. The van der Waals surface area contributed by atoms with Gasteiger partial charge in [0.1, 0.15) is 29.2 Å². The Morgan fingerprint density at radius 3 is 2.54 bits per heavy atom. The molecule has 1 N–H and O–H groups in total. The number of amides is 1. The van der Waals surface area contributed by atoms with Gasteiger partial charge in [-0.25, -0.2) is 9.97 Å². The van der Waals surface area contributed by atoms with Crippen LogP contribution in [-0.4, -0.2) is 28.3 Å². The quantitative estimate of drug-likeness (QED) is 0.307. The lowest BCUT2D eigenvalue weighted by molar-refractivity contribution is 0.0663. The Labute approximate surface area is 228 Å². The summed E-state index contributed by atoms with van der Waals surface area (Å²) in [5.41, 5.74) is 1.63. The molecule has 37 heavy (non-hydrogen) atoms. The van der Waals surface area contributed by atoms with Crippen molar-refractivity contribution in [1.29, 1.82) is 0 Å². The summed E-state index contributed by atoms with van der Waals surface area (Å²) in [6, 6.07) is 12.5. The van der Waals surface area contributed by atoms with Gasteiger partial charge in [0.2, 0.25) is 0 Å². The molecule has 196 valence electrons. The lowest BCUT2D eigenvalue weighted by atomic mass is 9.84. The molecule has 0 radical (unpaired) electrons. The molecule has 1 amide bonds. The molecule has 0 aliphatic rings. The summed E-state index contributed by atoms with van der Waals surface area (Å²) in [5, 5.41) is 6.49. The summed E-state index contributed by atoms with van der Waals surface area (Å²) in [4.78, 5) is 24.8. The second kappa shape index (κ2) is 11.9. The van der Waals surface area contributed by atoms with Crippen molar-refractivity contribution >= 4 is 40.0 Å². The third-order valence-electron chi connectivity index (χ3n) is 5.09. The SMILES string of the molecule is Cc1csc(Nc2cc(-c3ccc(OC[C@@](C)(C#[N+]C(=O)OC(C)(C)C)CC(C)C)c(Cl)c3)ccn2)n1. The zero-order valence-electron chi connectivity index (χ0n) is 22.4. The zero-order chi connectivity index (χ0) is 27.2. The average molecular weight is 542 g/mol. The van der Waals surface area contributed by atoms with Gasteiger partial charge in [-0.15, -0.1) is 11.3 Å². The number of aryl methyl sites for hydroxylation is 1. The standard InChI is InChI=1S/C28H34ClN4O3S/c1-18(2)14-28(7,16-31-26(34)36-27(4,5)6)17-35-23-9-8-20(12-22(23)29)21-10-11-30-24(13-21)33-25-32-19(3)15-37-25/h8-13,15,18H,14,17H2,1-7H3,(H,30,32,33)/q+1/t28-/m1/s1. The van der Waals surface area contributed by atoms with Crippen LogP contribution >= 0.6 is 22.9 Å². The maximum atomic E-state index is 12.1. The Morgan fingerprint density at radius 2 is 1.92 bits per heavy atom. The third kappa shape index (κ3) is 9.03.